The van der Waals surface area contributed by atoms with Crippen LogP contribution in [0.2, 0.25) is 0 Å². The Morgan fingerprint density at radius 3 is 2.88 bits per heavy atom. The summed E-state index contributed by atoms with van der Waals surface area (Å²) >= 11 is 2.08. The number of carbonyl (C=O) groups excluding carboxylic acids is 1. The minimum atomic E-state index is -0.587. The van der Waals surface area contributed by atoms with Crippen LogP contribution in [0, 0.1) is 20.6 Å². The number of nitrogens with one attached hydrogen (secondary N) is 1. The molecular weight excluding hydrogens is 441 g/mol. The fraction of sp³-hybridized carbons (Fsp3) is 0.125. The lowest BCUT2D eigenvalue weighted by molar-refractivity contribution is -0.385. The molecule has 0 radical (unpaired) electrons. The van der Waals surface area contributed by atoms with Gasteiger partial charge in [-0.05, 0) is 59.3 Å². The molecular formula is C16H14IN3O5. The summed E-state index contributed by atoms with van der Waals surface area (Å²) in [7, 11) is 0. The van der Waals surface area contributed by atoms with Crippen molar-refractivity contribution in [2.75, 3.05) is 6.61 Å². The van der Waals surface area contributed by atoms with Gasteiger partial charge in [-0.3, -0.25) is 14.9 Å². The summed E-state index contributed by atoms with van der Waals surface area (Å²) in [6.07, 6.45) is 1.30. The minimum Gasteiger partial charge on any atom is -0.507 e. The van der Waals surface area contributed by atoms with Gasteiger partial charge in [0.15, 0.2) is 12.4 Å². The maximum atomic E-state index is 11.7. The molecule has 25 heavy (non-hydrogen) atoms. The number of aromatic hydroxyl groups is 1. The summed E-state index contributed by atoms with van der Waals surface area (Å²) in [5.41, 5.74) is 3.18. The molecule has 0 atom stereocenters. The van der Waals surface area contributed by atoms with Gasteiger partial charge < -0.3 is 9.84 Å². The van der Waals surface area contributed by atoms with E-state index in [4.69, 9.17) is 4.74 Å². The zero-order chi connectivity index (χ0) is 18.4. The maximum absolute atomic E-state index is 11.7. The minimum absolute atomic E-state index is 0.00462. The highest BCUT2D eigenvalue weighted by atomic mass is 127. The molecule has 9 heteroatoms. The number of hydrogen-bond donors (Lipinski definition) is 2. The molecule has 0 unspecified atom stereocenters. The smallest absolute Gasteiger partial charge is 0.311 e. The van der Waals surface area contributed by atoms with Crippen molar-refractivity contribution in [1.82, 2.24) is 5.43 Å². The van der Waals surface area contributed by atoms with Gasteiger partial charge in [0.2, 0.25) is 0 Å². The number of nitro groups is 1. The van der Waals surface area contributed by atoms with Gasteiger partial charge in [0, 0.05) is 15.2 Å². The summed E-state index contributed by atoms with van der Waals surface area (Å²) in [6, 6.07) is 9.40. The molecule has 130 valence electrons. The molecule has 0 aliphatic heterocycles. The quantitative estimate of drug-likeness (QED) is 0.301. The fourth-order valence-electron chi connectivity index (χ4n) is 1.87. The Kier molecular flexibility index (Phi) is 6.28. The number of hydrogen-bond acceptors (Lipinski definition) is 6. The van der Waals surface area contributed by atoms with Crippen LogP contribution in [0.25, 0.3) is 0 Å². The normalized spacial score (nSPS) is 10.6. The van der Waals surface area contributed by atoms with Gasteiger partial charge in [-0.1, -0.05) is 6.07 Å². The van der Waals surface area contributed by atoms with Gasteiger partial charge >= 0.3 is 5.69 Å². The van der Waals surface area contributed by atoms with Gasteiger partial charge in [-0.25, -0.2) is 5.43 Å². The highest BCUT2D eigenvalue weighted by Crippen LogP contribution is 2.27. The molecule has 2 N–H and O–H groups in total. The van der Waals surface area contributed by atoms with Crippen LogP contribution < -0.4 is 10.2 Å². The van der Waals surface area contributed by atoms with E-state index in [2.05, 4.69) is 33.1 Å². The van der Waals surface area contributed by atoms with Crippen LogP contribution in [-0.2, 0) is 4.79 Å². The molecule has 2 aromatic carbocycles. The van der Waals surface area contributed by atoms with E-state index in [1.165, 1.54) is 24.4 Å². The number of rotatable bonds is 6. The zero-order valence-electron chi connectivity index (χ0n) is 13.1. The number of aryl methyl sites for hydroxylation is 1. The fourth-order valence-corrected chi connectivity index (χ4v) is 2.39. The number of nitrogens with zero attached hydrogens (tertiary/aromatic N) is 2. The standard InChI is InChI=1S/C16H14IN3O5/c1-10-2-5-15(13(6-10)20(23)24)25-9-16(22)19-18-8-11-7-12(17)3-4-14(11)21/h2-8,21H,9H2,1H3,(H,19,22). The van der Waals surface area contributed by atoms with E-state index in [0.29, 0.717) is 11.1 Å². The van der Waals surface area contributed by atoms with Crippen molar-refractivity contribution in [1.29, 1.82) is 0 Å². The summed E-state index contributed by atoms with van der Waals surface area (Å²) in [4.78, 5) is 22.1. The van der Waals surface area contributed by atoms with Crippen molar-refractivity contribution in [3.63, 3.8) is 0 Å². The van der Waals surface area contributed by atoms with Gasteiger partial charge in [-0.15, -0.1) is 0 Å². The van der Waals surface area contributed by atoms with E-state index >= 15 is 0 Å². The number of amides is 1. The number of benzene rings is 2. The molecule has 2 aromatic rings. The molecule has 0 heterocycles. The Balaban J connectivity index is 1.94. The predicted molar refractivity (Wildman–Crippen MR) is 99.9 cm³/mol. The average molecular weight is 455 g/mol. The number of ether oxygens (including phenoxy) is 1. The first-order valence-corrected chi connectivity index (χ1v) is 8.13. The molecule has 0 saturated carbocycles. The maximum Gasteiger partial charge on any atom is 0.311 e. The van der Waals surface area contributed by atoms with Crippen LogP contribution in [0.1, 0.15) is 11.1 Å². The highest BCUT2D eigenvalue weighted by molar-refractivity contribution is 14.1. The zero-order valence-corrected chi connectivity index (χ0v) is 15.3. The molecule has 0 aliphatic rings. The number of nitro benzene ring substituents is 1. The van der Waals surface area contributed by atoms with Crippen molar-refractivity contribution >= 4 is 40.4 Å². The largest absolute Gasteiger partial charge is 0.507 e. The lowest BCUT2D eigenvalue weighted by atomic mass is 10.2. The monoisotopic (exact) mass is 455 g/mol. The Hall–Kier alpha value is -2.69. The molecule has 1 amide bonds. The third-order valence-electron chi connectivity index (χ3n) is 3.05. The number of phenols is 1. The van der Waals surface area contributed by atoms with Gasteiger partial charge in [0.1, 0.15) is 5.75 Å². The average Bonchev–Trinajstić information content (AvgIpc) is 2.56. The third kappa shape index (κ3) is 5.41. The topological polar surface area (TPSA) is 114 Å². The Bertz CT molecular complexity index is 839. The number of halogens is 1. The van der Waals surface area contributed by atoms with Crippen molar-refractivity contribution in [3.8, 4) is 11.5 Å². The Morgan fingerprint density at radius 2 is 2.16 bits per heavy atom. The second kappa shape index (κ2) is 8.42. The van der Waals surface area contributed by atoms with E-state index in [-0.39, 0.29) is 17.2 Å². The number of hydrazone groups is 1. The second-order valence-corrected chi connectivity index (χ2v) is 6.26. The van der Waals surface area contributed by atoms with Gasteiger partial charge in [0.05, 0.1) is 11.1 Å². The molecule has 0 fully saturated rings. The molecule has 8 nitrogen and oxygen atoms in total. The van der Waals surface area contributed by atoms with Gasteiger partial charge in [0.25, 0.3) is 5.91 Å². The van der Waals surface area contributed by atoms with E-state index < -0.39 is 17.4 Å². The van der Waals surface area contributed by atoms with E-state index in [0.717, 1.165) is 3.57 Å². The van der Waals surface area contributed by atoms with E-state index in [1.807, 2.05) is 0 Å². The van der Waals surface area contributed by atoms with Crippen molar-refractivity contribution in [2.45, 2.75) is 6.92 Å². The SMILES string of the molecule is Cc1ccc(OCC(=O)NN=Cc2cc(I)ccc2O)c([N+](=O)[O-])c1. The van der Waals surface area contributed by atoms with Crippen LogP contribution in [0.4, 0.5) is 5.69 Å². The molecule has 2 rings (SSSR count). The van der Waals surface area contributed by atoms with E-state index in [9.17, 15) is 20.0 Å². The summed E-state index contributed by atoms with van der Waals surface area (Å²) in [5.74, 6) is -0.550. The van der Waals surface area contributed by atoms with E-state index in [1.54, 1.807) is 25.1 Å². The first kappa shape index (κ1) is 18.6. The first-order chi connectivity index (χ1) is 11.9. The lowest BCUT2D eigenvalue weighted by Gasteiger charge is -2.06. The van der Waals surface area contributed by atoms with Crippen LogP contribution in [0.3, 0.4) is 0 Å². The highest BCUT2D eigenvalue weighted by Gasteiger charge is 2.16. The number of carbonyl (C=O) groups is 1. The second-order valence-electron chi connectivity index (χ2n) is 5.01. The summed E-state index contributed by atoms with van der Waals surface area (Å²) in [5, 5.41) is 24.4. The van der Waals surface area contributed by atoms with Crippen LogP contribution in [0.5, 0.6) is 11.5 Å². The third-order valence-corrected chi connectivity index (χ3v) is 3.72. The van der Waals surface area contributed by atoms with Crippen molar-refractivity contribution in [3.05, 3.63) is 61.2 Å². The molecule has 0 aromatic heterocycles. The predicted octanol–water partition coefficient (Wildman–Crippen LogP) is 2.74. The number of phenolic OH excluding ortho intramolecular Hbond substituents is 1. The Labute approximate surface area is 156 Å². The lowest BCUT2D eigenvalue weighted by Crippen LogP contribution is -2.24. The molecule has 0 bridgehead atoms. The first-order valence-electron chi connectivity index (χ1n) is 7.05. The summed E-state index contributed by atoms with van der Waals surface area (Å²) in [6.45, 7) is 1.29. The molecule has 0 aliphatic carbocycles. The van der Waals surface area contributed by atoms with Crippen molar-refractivity contribution in [2.24, 2.45) is 5.10 Å². The Morgan fingerprint density at radius 1 is 1.40 bits per heavy atom. The van der Waals surface area contributed by atoms with Crippen LogP contribution in [0.15, 0.2) is 41.5 Å². The molecule has 0 spiro atoms. The van der Waals surface area contributed by atoms with Gasteiger partial charge in [-0.2, -0.15) is 5.10 Å². The van der Waals surface area contributed by atoms with Crippen LogP contribution >= 0.6 is 22.6 Å². The van der Waals surface area contributed by atoms with Crippen LogP contribution in [-0.4, -0.2) is 28.8 Å². The van der Waals surface area contributed by atoms with Crippen molar-refractivity contribution < 1.29 is 19.6 Å². The summed E-state index contributed by atoms with van der Waals surface area (Å²) < 4.78 is 6.08. The molecule has 0 saturated heterocycles.